The van der Waals surface area contributed by atoms with Crippen LogP contribution in [0.5, 0.6) is 5.75 Å². The first-order valence-electron chi connectivity index (χ1n) is 13.5. The first-order valence-corrected chi connectivity index (χ1v) is 14.6. The van der Waals surface area contributed by atoms with Crippen LogP contribution in [0.15, 0.2) is 18.2 Å². The van der Waals surface area contributed by atoms with Gasteiger partial charge < -0.3 is 9.84 Å². The van der Waals surface area contributed by atoms with Crippen molar-refractivity contribution in [3.05, 3.63) is 29.3 Å². The summed E-state index contributed by atoms with van der Waals surface area (Å²) in [6, 6.07) is 6.12. The number of phenolic OH excluding ortho intramolecular Hbond substituents is 1. The predicted molar refractivity (Wildman–Crippen MR) is 138 cm³/mol. The van der Waals surface area contributed by atoms with Gasteiger partial charge in [-0.1, -0.05) is 67.4 Å². The molecule has 6 atom stereocenters. The highest BCUT2D eigenvalue weighted by Crippen LogP contribution is 2.63. The Morgan fingerprint density at radius 1 is 1.09 bits per heavy atom. The van der Waals surface area contributed by atoms with Crippen LogP contribution >= 0.6 is 15.9 Å². The van der Waals surface area contributed by atoms with E-state index >= 15 is 0 Å². The van der Waals surface area contributed by atoms with E-state index in [1.54, 1.807) is 6.92 Å². The van der Waals surface area contributed by atoms with Crippen molar-refractivity contribution in [2.45, 2.75) is 109 Å². The number of phenols is 1. The van der Waals surface area contributed by atoms with Gasteiger partial charge in [-0.2, -0.15) is 0 Å². The van der Waals surface area contributed by atoms with Gasteiger partial charge in [0.25, 0.3) is 0 Å². The van der Waals surface area contributed by atoms with Crippen molar-refractivity contribution >= 4 is 21.9 Å². The van der Waals surface area contributed by atoms with E-state index in [0.717, 1.165) is 24.6 Å². The van der Waals surface area contributed by atoms with Crippen LogP contribution in [0.1, 0.15) is 108 Å². The van der Waals surface area contributed by atoms with Gasteiger partial charge in [-0.15, -0.1) is 0 Å². The molecule has 0 saturated heterocycles. The normalized spacial score (nSPS) is 32.6. The van der Waals surface area contributed by atoms with E-state index in [9.17, 15) is 9.90 Å². The number of halogens is 1. The number of esters is 1. The van der Waals surface area contributed by atoms with Crippen molar-refractivity contribution in [1.82, 2.24) is 0 Å². The summed E-state index contributed by atoms with van der Waals surface area (Å²) in [6.45, 7) is 3.97. The predicted octanol–water partition coefficient (Wildman–Crippen LogP) is 7.92. The highest BCUT2D eigenvalue weighted by molar-refractivity contribution is 9.09. The molecule has 1 aromatic carbocycles. The quantitative estimate of drug-likeness (QED) is 0.194. The van der Waals surface area contributed by atoms with Gasteiger partial charge in [0.2, 0.25) is 0 Å². The summed E-state index contributed by atoms with van der Waals surface area (Å²) >= 11 is 3.53. The van der Waals surface area contributed by atoms with Crippen molar-refractivity contribution < 1.29 is 14.6 Å². The zero-order valence-corrected chi connectivity index (χ0v) is 22.2. The summed E-state index contributed by atoms with van der Waals surface area (Å²) in [7, 11) is 0. The molecule has 0 amide bonds. The first-order chi connectivity index (χ1) is 15.9. The van der Waals surface area contributed by atoms with Crippen LogP contribution in [0.25, 0.3) is 0 Å². The number of carbonyl (C=O) groups excluding carboxylic acids is 1. The molecule has 0 aromatic heterocycles. The topological polar surface area (TPSA) is 46.5 Å². The molecule has 5 unspecified atom stereocenters. The molecule has 4 rings (SSSR count). The number of alkyl halides is 1. The molecule has 0 aliphatic heterocycles. The van der Waals surface area contributed by atoms with Crippen LogP contribution in [0.3, 0.4) is 0 Å². The van der Waals surface area contributed by atoms with Crippen LogP contribution in [-0.4, -0.2) is 22.5 Å². The van der Waals surface area contributed by atoms with Gasteiger partial charge in [-0.3, -0.25) is 4.79 Å². The molecule has 33 heavy (non-hydrogen) atoms. The molecule has 0 bridgehead atoms. The Balaban J connectivity index is 1.46. The average molecular weight is 520 g/mol. The van der Waals surface area contributed by atoms with Crippen LogP contribution in [0, 0.1) is 23.2 Å². The summed E-state index contributed by atoms with van der Waals surface area (Å²) in [4.78, 5) is 11.8. The Labute approximate surface area is 209 Å². The molecular weight excluding hydrogens is 476 g/mol. The van der Waals surface area contributed by atoms with E-state index in [1.165, 1.54) is 75.3 Å². The summed E-state index contributed by atoms with van der Waals surface area (Å²) in [5.41, 5.74) is 2.99. The number of hydrogen-bond acceptors (Lipinski definition) is 3. The second-order valence-corrected chi connectivity index (χ2v) is 12.1. The summed E-state index contributed by atoms with van der Waals surface area (Å²) < 4.78 is 5.86. The Hall–Kier alpha value is -1.03. The number of hydrogen-bond donors (Lipinski definition) is 1. The lowest BCUT2D eigenvalue weighted by atomic mass is 9.52. The number of rotatable bonds is 10. The zero-order valence-electron chi connectivity index (χ0n) is 20.7. The molecule has 0 heterocycles. The fraction of sp³-hybridized carbons (Fsp3) is 0.759. The fourth-order valence-electron chi connectivity index (χ4n) is 7.79. The SMILES string of the molecule is CC(=O)OC1CCC2C3C(CCCCCCCCCBr)Cc4cc(O)ccc4C3CC[C@]12C. The van der Waals surface area contributed by atoms with Crippen molar-refractivity contribution in [1.29, 1.82) is 0 Å². The largest absolute Gasteiger partial charge is 0.508 e. The third kappa shape index (κ3) is 5.46. The van der Waals surface area contributed by atoms with E-state index < -0.39 is 0 Å². The minimum atomic E-state index is -0.124. The number of ether oxygens (including phenoxy) is 1. The van der Waals surface area contributed by atoms with Crippen molar-refractivity contribution in [2.24, 2.45) is 23.2 Å². The molecule has 2 fully saturated rings. The summed E-state index contributed by atoms with van der Waals surface area (Å²) in [6.07, 6.45) is 16.4. The average Bonchev–Trinajstić information content (AvgIpc) is 3.10. The molecule has 3 aliphatic rings. The fourth-order valence-corrected chi connectivity index (χ4v) is 8.19. The Kier molecular flexibility index (Phi) is 8.46. The van der Waals surface area contributed by atoms with Crippen LogP contribution in [0.2, 0.25) is 0 Å². The van der Waals surface area contributed by atoms with Gasteiger partial charge in [0.05, 0.1) is 0 Å². The third-order valence-corrected chi connectivity index (χ3v) is 9.88. The van der Waals surface area contributed by atoms with Gasteiger partial charge in [-0.05, 0) is 91.9 Å². The standard InChI is InChI=1S/C29H43BrO3/c1-20(31)33-27-14-13-26-28-21(10-8-6-4-3-5-7-9-17-30)18-22-19-23(32)11-12-24(22)25(28)15-16-29(26,27)2/h11-12,19,21,25-28,32H,3-10,13-18H2,1-2H3/t21?,25?,26?,27?,28?,29-/m0/s1. The third-order valence-electron chi connectivity index (χ3n) is 9.31. The van der Waals surface area contributed by atoms with Gasteiger partial charge in [0, 0.05) is 17.7 Å². The molecule has 1 N–H and O–H groups in total. The lowest BCUT2D eigenvalue weighted by Crippen LogP contribution is -2.48. The maximum Gasteiger partial charge on any atom is 0.302 e. The number of aromatic hydroxyl groups is 1. The van der Waals surface area contributed by atoms with Gasteiger partial charge in [0.15, 0.2) is 0 Å². The van der Waals surface area contributed by atoms with E-state index in [1.807, 2.05) is 12.1 Å². The maximum atomic E-state index is 11.8. The van der Waals surface area contributed by atoms with E-state index in [4.69, 9.17) is 4.74 Å². The molecular formula is C29H43BrO3. The molecule has 4 heteroatoms. The van der Waals surface area contributed by atoms with Crippen molar-refractivity contribution in [3.8, 4) is 5.75 Å². The lowest BCUT2D eigenvalue weighted by molar-refractivity contribution is -0.155. The lowest BCUT2D eigenvalue weighted by Gasteiger charge is -2.53. The highest BCUT2D eigenvalue weighted by Gasteiger charge is 2.57. The van der Waals surface area contributed by atoms with Crippen molar-refractivity contribution in [2.75, 3.05) is 5.33 Å². The molecule has 3 nitrogen and oxygen atoms in total. The number of unbranched alkanes of at least 4 members (excludes halogenated alkanes) is 6. The van der Waals surface area contributed by atoms with E-state index in [-0.39, 0.29) is 17.5 Å². The Morgan fingerprint density at radius 3 is 2.55 bits per heavy atom. The van der Waals surface area contributed by atoms with E-state index in [0.29, 0.717) is 29.4 Å². The first kappa shape index (κ1) is 25.1. The minimum Gasteiger partial charge on any atom is -0.508 e. The molecule has 2 saturated carbocycles. The summed E-state index contributed by atoms with van der Waals surface area (Å²) in [5.74, 6) is 2.88. The highest BCUT2D eigenvalue weighted by atomic mass is 79.9. The summed E-state index contributed by atoms with van der Waals surface area (Å²) in [5, 5.41) is 11.3. The van der Waals surface area contributed by atoms with Crippen LogP contribution in [-0.2, 0) is 16.0 Å². The number of benzene rings is 1. The van der Waals surface area contributed by atoms with Crippen LogP contribution < -0.4 is 0 Å². The smallest absolute Gasteiger partial charge is 0.302 e. The second-order valence-electron chi connectivity index (χ2n) is 11.3. The van der Waals surface area contributed by atoms with Crippen LogP contribution in [0.4, 0.5) is 0 Å². The monoisotopic (exact) mass is 518 g/mol. The maximum absolute atomic E-state index is 11.8. The zero-order chi connectivity index (χ0) is 23.4. The molecule has 0 radical (unpaired) electrons. The number of carbonyl (C=O) groups is 1. The molecule has 3 aliphatic carbocycles. The van der Waals surface area contributed by atoms with Gasteiger partial charge in [-0.25, -0.2) is 0 Å². The molecule has 1 aromatic rings. The molecule has 0 spiro atoms. The van der Waals surface area contributed by atoms with E-state index in [2.05, 4.69) is 28.9 Å². The van der Waals surface area contributed by atoms with Crippen molar-refractivity contribution in [3.63, 3.8) is 0 Å². The Bertz CT molecular complexity index is 808. The second kappa shape index (κ2) is 11.1. The minimum absolute atomic E-state index is 0.0855. The van der Waals surface area contributed by atoms with Gasteiger partial charge >= 0.3 is 5.97 Å². The van der Waals surface area contributed by atoms with Gasteiger partial charge in [0.1, 0.15) is 11.9 Å². The Morgan fingerprint density at radius 2 is 1.82 bits per heavy atom. The number of fused-ring (bicyclic) bond motifs is 5. The molecule has 184 valence electrons.